The Morgan fingerprint density at radius 2 is 2.14 bits per heavy atom. The van der Waals surface area contributed by atoms with E-state index in [0.29, 0.717) is 13.2 Å². The molecule has 0 bridgehead atoms. The van der Waals surface area contributed by atoms with Crippen LogP contribution in [0.3, 0.4) is 0 Å². The van der Waals surface area contributed by atoms with E-state index in [0.717, 1.165) is 36.5 Å². The lowest BCUT2D eigenvalue weighted by Crippen LogP contribution is -2.27. The Bertz CT molecular complexity index is 432. The van der Waals surface area contributed by atoms with Crippen LogP contribution in [-0.4, -0.2) is 40.1 Å². The topological polar surface area (TPSA) is 62.9 Å². The normalized spacial score (nSPS) is 20.0. The Balaban J connectivity index is 1.85. The fraction of sp³-hybridized carbons (Fsp3) is 0.625. The molecule has 1 heterocycles. The molecule has 5 nitrogen and oxygen atoms in total. The van der Waals surface area contributed by atoms with Crippen LogP contribution in [0.1, 0.15) is 30.9 Å². The van der Waals surface area contributed by atoms with Gasteiger partial charge < -0.3 is 24.7 Å². The maximum Gasteiger partial charge on any atom is 0.127 e. The van der Waals surface area contributed by atoms with Gasteiger partial charge in [-0.2, -0.15) is 0 Å². The van der Waals surface area contributed by atoms with Crippen LogP contribution in [0.25, 0.3) is 0 Å². The molecule has 21 heavy (non-hydrogen) atoms. The maximum absolute atomic E-state index is 6.19. The highest BCUT2D eigenvalue weighted by Gasteiger charge is 2.16. The van der Waals surface area contributed by atoms with E-state index < -0.39 is 0 Å². The van der Waals surface area contributed by atoms with E-state index in [1.165, 1.54) is 6.42 Å². The van der Waals surface area contributed by atoms with Crippen LogP contribution in [0, 0.1) is 0 Å². The minimum atomic E-state index is -0.227. The lowest BCUT2D eigenvalue weighted by Gasteiger charge is -2.23. The van der Waals surface area contributed by atoms with Crippen LogP contribution in [0.5, 0.6) is 11.5 Å². The number of hydrogen-bond donors (Lipinski definition) is 1. The third kappa shape index (κ3) is 4.59. The van der Waals surface area contributed by atoms with Gasteiger partial charge in [0.1, 0.15) is 11.5 Å². The quantitative estimate of drug-likeness (QED) is 0.836. The van der Waals surface area contributed by atoms with Crippen molar-refractivity contribution in [2.24, 2.45) is 5.73 Å². The van der Waals surface area contributed by atoms with Crippen molar-refractivity contribution in [1.29, 1.82) is 0 Å². The second kappa shape index (κ2) is 8.22. The fourth-order valence-corrected chi connectivity index (χ4v) is 2.48. The van der Waals surface area contributed by atoms with Gasteiger partial charge >= 0.3 is 0 Å². The smallest absolute Gasteiger partial charge is 0.127 e. The minimum Gasteiger partial charge on any atom is -0.497 e. The summed E-state index contributed by atoms with van der Waals surface area (Å²) in [6.45, 7) is 1.89. The van der Waals surface area contributed by atoms with Gasteiger partial charge in [0.2, 0.25) is 0 Å². The van der Waals surface area contributed by atoms with Gasteiger partial charge in [-0.25, -0.2) is 0 Å². The summed E-state index contributed by atoms with van der Waals surface area (Å²) in [5.74, 6) is 1.47. The highest BCUT2D eigenvalue weighted by Crippen LogP contribution is 2.28. The molecule has 0 saturated carbocycles. The molecule has 1 aliphatic heterocycles. The number of hydrogen-bond acceptors (Lipinski definition) is 5. The van der Waals surface area contributed by atoms with E-state index in [2.05, 4.69) is 0 Å². The summed E-state index contributed by atoms with van der Waals surface area (Å²) in [4.78, 5) is 0. The van der Waals surface area contributed by atoms with E-state index in [1.807, 2.05) is 18.2 Å². The molecule has 0 aromatic heterocycles. The first-order valence-electron chi connectivity index (χ1n) is 7.41. The second-order valence-electron chi connectivity index (χ2n) is 5.24. The minimum absolute atomic E-state index is 0.212. The van der Waals surface area contributed by atoms with Gasteiger partial charge in [0.05, 0.1) is 39.6 Å². The molecule has 1 aromatic rings. The zero-order chi connectivity index (χ0) is 15.1. The van der Waals surface area contributed by atoms with Crippen LogP contribution < -0.4 is 15.2 Å². The molecule has 1 aliphatic rings. The van der Waals surface area contributed by atoms with Gasteiger partial charge in [-0.1, -0.05) is 0 Å². The predicted octanol–water partition coefficient (Wildman–Crippen LogP) is 2.29. The van der Waals surface area contributed by atoms with Crippen molar-refractivity contribution in [2.75, 3.05) is 34.0 Å². The molecule has 1 fully saturated rings. The van der Waals surface area contributed by atoms with Gasteiger partial charge in [-0.3, -0.25) is 0 Å². The Kier molecular flexibility index (Phi) is 6.29. The van der Waals surface area contributed by atoms with Crippen LogP contribution in [0.15, 0.2) is 18.2 Å². The van der Waals surface area contributed by atoms with Crippen molar-refractivity contribution in [3.63, 3.8) is 0 Å². The van der Waals surface area contributed by atoms with Crippen LogP contribution in [0.2, 0.25) is 0 Å². The average Bonchev–Trinajstić information content (AvgIpc) is 2.55. The molecule has 0 amide bonds. The summed E-state index contributed by atoms with van der Waals surface area (Å²) in [6.07, 6.45) is 3.65. The van der Waals surface area contributed by atoms with Crippen molar-refractivity contribution in [1.82, 2.24) is 0 Å². The molecule has 2 unspecified atom stereocenters. The number of nitrogens with two attached hydrogens (primary N) is 1. The summed E-state index contributed by atoms with van der Waals surface area (Å²) in [6, 6.07) is 5.40. The summed E-state index contributed by atoms with van der Waals surface area (Å²) in [7, 11) is 3.25. The van der Waals surface area contributed by atoms with Crippen molar-refractivity contribution in [2.45, 2.75) is 31.4 Å². The first kappa shape index (κ1) is 16.1. The van der Waals surface area contributed by atoms with Crippen molar-refractivity contribution in [3.05, 3.63) is 23.8 Å². The third-order valence-electron chi connectivity index (χ3n) is 3.72. The van der Waals surface area contributed by atoms with Crippen molar-refractivity contribution in [3.8, 4) is 11.5 Å². The Labute approximate surface area is 126 Å². The van der Waals surface area contributed by atoms with E-state index in [4.69, 9.17) is 24.7 Å². The summed E-state index contributed by atoms with van der Waals surface area (Å²) in [5.41, 5.74) is 7.11. The second-order valence-corrected chi connectivity index (χ2v) is 5.24. The molecular formula is C16H25NO4. The third-order valence-corrected chi connectivity index (χ3v) is 3.72. The van der Waals surface area contributed by atoms with E-state index in [1.54, 1.807) is 14.2 Å². The van der Waals surface area contributed by atoms with Crippen molar-refractivity contribution >= 4 is 0 Å². The lowest BCUT2D eigenvalue weighted by atomic mass is 10.1. The van der Waals surface area contributed by atoms with Crippen LogP contribution in [0.4, 0.5) is 0 Å². The van der Waals surface area contributed by atoms with Crippen molar-refractivity contribution < 1.29 is 18.9 Å². The molecule has 5 heteroatoms. The highest BCUT2D eigenvalue weighted by atomic mass is 16.5. The molecule has 1 aromatic carbocycles. The van der Waals surface area contributed by atoms with Gasteiger partial charge in [0.25, 0.3) is 0 Å². The molecule has 2 atom stereocenters. The number of rotatable bonds is 7. The first-order valence-corrected chi connectivity index (χ1v) is 7.41. The average molecular weight is 295 g/mol. The zero-order valence-electron chi connectivity index (χ0n) is 12.8. The van der Waals surface area contributed by atoms with E-state index in [-0.39, 0.29) is 12.1 Å². The Morgan fingerprint density at radius 3 is 2.81 bits per heavy atom. The Hall–Kier alpha value is -1.30. The van der Waals surface area contributed by atoms with Gasteiger partial charge in [0.15, 0.2) is 0 Å². The number of ether oxygens (including phenoxy) is 4. The van der Waals surface area contributed by atoms with E-state index >= 15 is 0 Å². The van der Waals surface area contributed by atoms with E-state index in [9.17, 15) is 0 Å². The highest BCUT2D eigenvalue weighted by molar-refractivity contribution is 5.42. The molecule has 0 spiro atoms. The molecule has 2 rings (SSSR count). The standard InChI is InChI=1S/C16H25NO4/c1-18-12-6-7-14(16(9-12)19-2)15(17)11-20-10-13-5-3-4-8-21-13/h6-7,9,13,15H,3-5,8,10-11,17H2,1-2H3. The molecular weight excluding hydrogens is 270 g/mol. The van der Waals surface area contributed by atoms with Crippen LogP contribution >= 0.6 is 0 Å². The number of benzene rings is 1. The molecule has 0 radical (unpaired) electrons. The predicted molar refractivity (Wildman–Crippen MR) is 80.9 cm³/mol. The monoisotopic (exact) mass is 295 g/mol. The first-order chi connectivity index (χ1) is 10.2. The summed E-state index contributed by atoms with van der Waals surface area (Å²) in [5, 5.41) is 0. The maximum atomic E-state index is 6.19. The van der Waals surface area contributed by atoms with Crippen LogP contribution in [-0.2, 0) is 9.47 Å². The SMILES string of the molecule is COc1ccc(C(N)COCC2CCCCO2)c(OC)c1. The summed E-state index contributed by atoms with van der Waals surface area (Å²) >= 11 is 0. The number of methoxy groups -OCH3 is 2. The molecule has 1 saturated heterocycles. The van der Waals surface area contributed by atoms with Gasteiger partial charge in [-0.15, -0.1) is 0 Å². The molecule has 118 valence electrons. The molecule has 0 aliphatic carbocycles. The van der Waals surface area contributed by atoms with Gasteiger partial charge in [0, 0.05) is 18.2 Å². The lowest BCUT2D eigenvalue weighted by molar-refractivity contribution is -0.0428. The van der Waals surface area contributed by atoms with Gasteiger partial charge in [-0.05, 0) is 31.4 Å². The molecule has 2 N–H and O–H groups in total. The fourth-order valence-electron chi connectivity index (χ4n) is 2.48. The zero-order valence-corrected chi connectivity index (χ0v) is 12.8. The Morgan fingerprint density at radius 1 is 1.29 bits per heavy atom. The summed E-state index contributed by atoms with van der Waals surface area (Å²) < 4.78 is 21.9. The largest absolute Gasteiger partial charge is 0.497 e.